The topological polar surface area (TPSA) is 15.3 Å². The Morgan fingerprint density at radius 3 is 3.21 bits per heavy atom. The first-order valence-electron chi connectivity index (χ1n) is 7.57. The van der Waals surface area contributed by atoms with Crippen LogP contribution in [-0.2, 0) is 6.42 Å². The number of benzene rings is 1. The van der Waals surface area contributed by atoms with Crippen LogP contribution in [0, 0.1) is 5.92 Å². The molecule has 0 spiro atoms. The minimum absolute atomic E-state index is 0.592. The molecule has 2 nitrogen and oxygen atoms in total. The highest BCUT2D eigenvalue weighted by Crippen LogP contribution is 2.41. The molecule has 0 aromatic heterocycles. The summed E-state index contributed by atoms with van der Waals surface area (Å²) >= 11 is 6.21. The molecule has 3 aliphatic heterocycles. The molecule has 3 atom stereocenters. The van der Waals surface area contributed by atoms with Crippen LogP contribution in [0.1, 0.15) is 36.4 Å². The number of nitrogens with zero attached hydrogens (tertiary/aromatic N) is 1. The maximum atomic E-state index is 6.21. The number of hydrogen-bond donors (Lipinski definition) is 1. The van der Waals surface area contributed by atoms with Crippen LogP contribution in [0.4, 0.5) is 0 Å². The highest BCUT2D eigenvalue weighted by molar-refractivity contribution is 6.30. The van der Waals surface area contributed by atoms with Crippen LogP contribution in [0.5, 0.6) is 0 Å². The average Bonchev–Trinajstić information content (AvgIpc) is 2.45. The van der Waals surface area contributed by atoms with Crippen LogP contribution in [0.25, 0.3) is 0 Å². The molecule has 2 fully saturated rings. The molecule has 0 unspecified atom stereocenters. The molecule has 1 aromatic rings. The van der Waals surface area contributed by atoms with E-state index in [1.807, 2.05) is 6.07 Å². The van der Waals surface area contributed by atoms with Gasteiger partial charge in [0, 0.05) is 30.2 Å². The lowest BCUT2D eigenvalue weighted by Gasteiger charge is -2.49. The average molecular weight is 277 g/mol. The monoisotopic (exact) mass is 276 g/mol. The van der Waals surface area contributed by atoms with E-state index in [1.54, 1.807) is 0 Å². The van der Waals surface area contributed by atoms with E-state index in [2.05, 4.69) is 22.3 Å². The smallest absolute Gasteiger partial charge is 0.0409 e. The quantitative estimate of drug-likeness (QED) is 0.784. The van der Waals surface area contributed by atoms with E-state index in [1.165, 1.54) is 56.4 Å². The van der Waals surface area contributed by atoms with Crippen molar-refractivity contribution in [1.82, 2.24) is 10.2 Å². The van der Waals surface area contributed by atoms with Gasteiger partial charge in [0.25, 0.3) is 0 Å². The summed E-state index contributed by atoms with van der Waals surface area (Å²) in [7, 11) is 0. The third-order valence-corrected chi connectivity index (χ3v) is 5.48. The predicted molar refractivity (Wildman–Crippen MR) is 78.6 cm³/mol. The van der Waals surface area contributed by atoms with E-state index in [9.17, 15) is 0 Å². The Balaban J connectivity index is 1.66. The second-order valence-electron chi connectivity index (χ2n) is 6.30. The molecule has 0 aliphatic carbocycles. The fraction of sp³-hybridized carbons (Fsp3) is 0.625. The van der Waals surface area contributed by atoms with Gasteiger partial charge in [0.2, 0.25) is 0 Å². The van der Waals surface area contributed by atoms with Gasteiger partial charge in [-0.1, -0.05) is 17.7 Å². The number of piperidine rings is 2. The van der Waals surface area contributed by atoms with Gasteiger partial charge in [-0.25, -0.2) is 0 Å². The highest BCUT2D eigenvalue weighted by atomic mass is 35.5. The van der Waals surface area contributed by atoms with Gasteiger partial charge in [-0.15, -0.1) is 0 Å². The molecule has 1 N–H and O–H groups in total. The summed E-state index contributed by atoms with van der Waals surface area (Å²) in [6.45, 7) is 3.70. The van der Waals surface area contributed by atoms with Crippen molar-refractivity contribution in [3.8, 4) is 0 Å². The predicted octanol–water partition coefficient (Wildman–Crippen LogP) is 3.01. The second kappa shape index (κ2) is 4.76. The summed E-state index contributed by atoms with van der Waals surface area (Å²) in [6.07, 6.45) is 5.21. The molecule has 3 heteroatoms. The maximum Gasteiger partial charge on any atom is 0.0409 e. The third-order valence-electron chi connectivity index (χ3n) is 5.25. The van der Waals surface area contributed by atoms with Gasteiger partial charge in [0.15, 0.2) is 0 Å². The third kappa shape index (κ3) is 2.10. The van der Waals surface area contributed by atoms with Crippen LogP contribution >= 0.6 is 11.6 Å². The molecule has 0 radical (unpaired) electrons. The zero-order valence-corrected chi connectivity index (χ0v) is 12.0. The molecule has 0 amide bonds. The lowest BCUT2D eigenvalue weighted by atomic mass is 9.77. The SMILES string of the molecule is Clc1ccc2c(c1)[C@H]1C[C@H]3NCCC[C@H]3CN1CC2. The Hall–Kier alpha value is -0.570. The zero-order valence-electron chi connectivity index (χ0n) is 11.2. The van der Waals surface area contributed by atoms with Crippen LogP contribution in [0.3, 0.4) is 0 Å². The molecule has 4 rings (SSSR count). The van der Waals surface area contributed by atoms with Gasteiger partial charge < -0.3 is 5.32 Å². The largest absolute Gasteiger partial charge is 0.314 e. The molecule has 1 aromatic carbocycles. The molecule has 102 valence electrons. The Morgan fingerprint density at radius 2 is 2.26 bits per heavy atom. The van der Waals surface area contributed by atoms with Crippen molar-refractivity contribution in [2.75, 3.05) is 19.6 Å². The number of rotatable bonds is 0. The van der Waals surface area contributed by atoms with E-state index in [-0.39, 0.29) is 0 Å². The first-order chi connectivity index (χ1) is 9.31. The van der Waals surface area contributed by atoms with Crippen molar-refractivity contribution in [2.45, 2.75) is 37.8 Å². The minimum atomic E-state index is 0.592. The molecule has 0 saturated carbocycles. The summed E-state index contributed by atoms with van der Waals surface area (Å²) in [5.41, 5.74) is 3.00. The van der Waals surface area contributed by atoms with E-state index in [4.69, 9.17) is 11.6 Å². The highest BCUT2D eigenvalue weighted by Gasteiger charge is 2.39. The van der Waals surface area contributed by atoms with Crippen molar-refractivity contribution in [2.24, 2.45) is 5.92 Å². The molecule has 0 bridgehead atoms. The van der Waals surface area contributed by atoms with Gasteiger partial charge in [-0.2, -0.15) is 0 Å². The summed E-state index contributed by atoms with van der Waals surface area (Å²) in [4.78, 5) is 2.70. The summed E-state index contributed by atoms with van der Waals surface area (Å²) in [5.74, 6) is 0.866. The number of hydrogen-bond acceptors (Lipinski definition) is 2. The number of halogens is 1. The van der Waals surface area contributed by atoms with Crippen LogP contribution in [0.2, 0.25) is 5.02 Å². The molecule has 2 saturated heterocycles. The molecule has 19 heavy (non-hydrogen) atoms. The van der Waals surface area contributed by atoms with Gasteiger partial charge in [-0.05, 0) is 61.4 Å². The standard InChI is InChI=1S/C16H21ClN2/c17-13-4-3-11-5-7-19-10-12-2-1-6-18-15(12)9-16(19)14(11)8-13/h3-4,8,12,15-16,18H,1-2,5-7,9-10H2/t12-,15+,16+/m0/s1. The van der Waals surface area contributed by atoms with E-state index >= 15 is 0 Å². The fourth-order valence-electron chi connectivity index (χ4n) is 4.27. The summed E-state index contributed by atoms with van der Waals surface area (Å²) in [6, 6.07) is 7.79. The lowest BCUT2D eigenvalue weighted by Crippen LogP contribution is -2.54. The number of nitrogens with one attached hydrogen (secondary N) is 1. The van der Waals surface area contributed by atoms with E-state index < -0.39 is 0 Å². The van der Waals surface area contributed by atoms with Gasteiger partial charge in [0.05, 0.1) is 0 Å². The first kappa shape index (κ1) is 12.2. The van der Waals surface area contributed by atoms with Crippen LogP contribution in [-0.4, -0.2) is 30.6 Å². The lowest BCUT2D eigenvalue weighted by molar-refractivity contribution is 0.0552. The van der Waals surface area contributed by atoms with Crippen LogP contribution < -0.4 is 5.32 Å². The Bertz CT molecular complexity index is 488. The van der Waals surface area contributed by atoms with E-state index in [0.29, 0.717) is 6.04 Å². The Kier molecular flexibility index (Phi) is 3.06. The molecular formula is C16H21ClN2. The number of fused-ring (bicyclic) bond motifs is 4. The van der Waals surface area contributed by atoms with Crippen molar-refractivity contribution in [3.63, 3.8) is 0 Å². The van der Waals surface area contributed by atoms with Gasteiger partial charge >= 0.3 is 0 Å². The fourth-order valence-corrected chi connectivity index (χ4v) is 4.45. The first-order valence-corrected chi connectivity index (χ1v) is 7.95. The second-order valence-corrected chi connectivity index (χ2v) is 6.74. The van der Waals surface area contributed by atoms with Crippen molar-refractivity contribution in [3.05, 3.63) is 34.3 Å². The van der Waals surface area contributed by atoms with Crippen LogP contribution in [0.15, 0.2) is 18.2 Å². The normalized spacial score (nSPS) is 34.3. The Labute approximate surface area is 120 Å². The van der Waals surface area contributed by atoms with E-state index in [0.717, 1.165) is 17.0 Å². The van der Waals surface area contributed by atoms with Crippen molar-refractivity contribution >= 4 is 11.6 Å². The van der Waals surface area contributed by atoms with Gasteiger partial charge in [-0.3, -0.25) is 4.90 Å². The molecule has 3 heterocycles. The zero-order chi connectivity index (χ0) is 12.8. The molecule has 3 aliphatic rings. The summed E-state index contributed by atoms with van der Waals surface area (Å²) < 4.78 is 0. The van der Waals surface area contributed by atoms with Gasteiger partial charge in [0.1, 0.15) is 0 Å². The van der Waals surface area contributed by atoms with Crippen molar-refractivity contribution in [1.29, 1.82) is 0 Å². The van der Waals surface area contributed by atoms with Crippen molar-refractivity contribution < 1.29 is 0 Å². The molecular weight excluding hydrogens is 256 g/mol. The Morgan fingerprint density at radius 1 is 1.32 bits per heavy atom. The maximum absolute atomic E-state index is 6.21. The minimum Gasteiger partial charge on any atom is -0.314 e. The summed E-state index contributed by atoms with van der Waals surface area (Å²) in [5, 5.41) is 4.63.